The third kappa shape index (κ3) is 4.28. The lowest BCUT2D eigenvalue weighted by Crippen LogP contribution is -2.42. The summed E-state index contributed by atoms with van der Waals surface area (Å²) in [7, 11) is 0. The van der Waals surface area contributed by atoms with E-state index in [0.29, 0.717) is 22.6 Å². The summed E-state index contributed by atoms with van der Waals surface area (Å²) >= 11 is 0. The second-order valence-corrected chi connectivity index (χ2v) is 8.33. The number of halogens is 1. The number of H-pyrrole nitrogens is 1. The van der Waals surface area contributed by atoms with Gasteiger partial charge in [-0.05, 0) is 39.0 Å². The molecule has 0 atom stereocenters. The first-order valence-electron chi connectivity index (χ1n) is 9.91. The molecule has 3 aromatic rings. The number of ketones is 1. The van der Waals surface area contributed by atoms with Crippen molar-refractivity contribution in [3.8, 4) is 11.3 Å². The fourth-order valence-electron chi connectivity index (χ4n) is 3.50. The number of rotatable bonds is 3. The number of aromatic nitrogens is 2. The van der Waals surface area contributed by atoms with Gasteiger partial charge in [0.15, 0.2) is 11.6 Å². The van der Waals surface area contributed by atoms with Gasteiger partial charge in [-0.3, -0.25) is 14.7 Å². The van der Waals surface area contributed by atoms with Gasteiger partial charge in [0.05, 0.1) is 36.2 Å². The van der Waals surface area contributed by atoms with Crippen molar-refractivity contribution < 1.29 is 18.7 Å². The Bertz CT molecular complexity index is 1140. The molecule has 1 amide bonds. The van der Waals surface area contributed by atoms with Gasteiger partial charge in [0.2, 0.25) is 0 Å². The van der Waals surface area contributed by atoms with Gasteiger partial charge < -0.3 is 15.0 Å². The molecule has 0 saturated heterocycles. The fourth-order valence-corrected chi connectivity index (χ4v) is 3.50. The second kappa shape index (κ2) is 7.86. The SMILES string of the molecule is CC(C)(C)OC(=O)N1CC(=O)c2c([nH]c(-c3ccncc3F)c2Nc2ccccc2)C1. The number of nitrogens with one attached hydrogen (secondary N) is 2. The molecular formula is C23H23FN4O3. The largest absolute Gasteiger partial charge is 0.444 e. The van der Waals surface area contributed by atoms with Crippen LogP contribution >= 0.6 is 0 Å². The molecule has 1 aliphatic heterocycles. The Morgan fingerprint density at radius 1 is 1.19 bits per heavy atom. The molecule has 0 radical (unpaired) electrons. The lowest BCUT2D eigenvalue weighted by molar-refractivity contribution is 0.0218. The van der Waals surface area contributed by atoms with Gasteiger partial charge in [-0.2, -0.15) is 0 Å². The standard InChI is InChI=1S/C23H23FN4O3/c1-23(2,3)31-22(30)28-12-17-19(18(29)13-28)21(26-14-7-5-4-6-8-14)20(27-17)15-9-10-25-11-16(15)24/h4-11,26-27H,12-13H2,1-3H3. The van der Waals surface area contributed by atoms with Gasteiger partial charge in [-0.15, -0.1) is 0 Å². The first kappa shape index (κ1) is 20.6. The van der Waals surface area contributed by atoms with Crippen molar-refractivity contribution in [1.82, 2.24) is 14.9 Å². The molecule has 7 nitrogen and oxygen atoms in total. The lowest BCUT2D eigenvalue weighted by atomic mass is 10.0. The van der Waals surface area contributed by atoms with Crippen LogP contribution in [0.2, 0.25) is 0 Å². The molecule has 3 heterocycles. The normalized spacial score (nSPS) is 13.7. The first-order valence-corrected chi connectivity index (χ1v) is 9.91. The van der Waals surface area contributed by atoms with Crippen LogP contribution in [0, 0.1) is 5.82 Å². The van der Waals surface area contributed by atoms with E-state index in [9.17, 15) is 14.0 Å². The maximum atomic E-state index is 14.6. The predicted octanol–water partition coefficient (Wildman–Crippen LogP) is 4.89. The highest BCUT2D eigenvalue weighted by atomic mass is 19.1. The van der Waals surface area contributed by atoms with Crippen molar-refractivity contribution in [3.05, 3.63) is 65.9 Å². The zero-order chi connectivity index (χ0) is 22.2. The van der Waals surface area contributed by atoms with E-state index >= 15 is 0 Å². The van der Waals surface area contributed by atoms with E-state index in [1.807, 2.05) is 30.3 Å². The van der Waals surface area contributed by atoms with Gasteiger partial charge in [-0.25, -0.2) is 9.18 Å². The van der Waals surface area contributed by atoms with Crippen LogP contribution in [0.15, 0.2) is 48.8 Å². The summed E-state index contributed by atoms with van der Waals surface area (Å²) < 4.78 is 20.0. The second-order valence-electron chi connectivity index (χ2n) is 8.33. The van der Waals surface area contributed by atoms with Gasteiger partial charge in [0.25, 0.3) is 0 Å². The summed E-state index contributed by atoms with van der Waals surface area (Å²) in [5, 5.41) is 3.25. The van der Waals surface area contributed by atoms with Crippen LogP contribution in [0.1, 0.15) is 36.8 Å². The zero-order valence-electron chi connectivity index (χ0n) is 17.5. The quantitative estimate of drug-likeness (QED) is 0.627. The van der Waals surface area contributed by atoms with Crippen LogP contribution in [0.3, 0.4) is 0 Å². The van der Waals surface area contributed by atoms with E-state index in [1.54, 1.807) is 26.8 Å². The van der Waals surface area contributed by atoms with E-state index in [4.69, 9.17) is 4.74 Å². The van der Waals surface area contributed by atoms with E-state index in [1.165, 1.54) is 11.1 Å². The van der Waals surface area contributed by atoms with Gasteiger partial charge >= 0.3 is 6.09 Å². The monoisotopic (exact) mass is 422 g/mol. The highest BCUT2D eigenvalue weighted by molar-refractivity contribution is 6.09. The summed E-state index contributed by atoms with van der Waals surface area (Å²) in [5.41, 5.74) is 2.18. The number of Topliss-reactive ketones (excluding diaryl/α,β-unsaturated/α-hetero) is 1. The maximum Gasteiger partial charge on any atom is 0.411 e. The van der Waals surface area contributed by atoms with E-state index < -0.39 is 17.5 Å². The molecule has 0 fully saturated rings. The Labute approximate surface area is 179 Å². The molecule has 8 heteroatoms. The van der Waals surface area contributed by atoms with Crippen molar-refractivity contribution >= 4 is 23.3 Å². The van der Waals surface area contributed by atoms with Gasteiger partial charge in [0.1, 0.15) is 5.60 Å². The van der Waals surface area contributed by atoms with Crippen molar-refractivity contribution in [3.63, 3.8) is 0 Å². The van der Waals surface area contributed by atoms with Crippen LogP contribution in [0.4, 0.5) is 20.6 Å². The highest BCUT2D eigenvalue weighted by Crippen LogP contribution is 2.38. The first-order chi connectivity index (χ1) is 14.7. The number of carbonyl (C=O) groups is 2. The maximum absolute atomic E-state index is 14.6. The number of para-hydroxylation sites is 1. The molecule has 0 aliphatic carbocycles. The molecule has 1 aromatic carbocycles. The molecule has 2 aromatic heterocycles. The summed E-state index contributed by atoms with van der Waals surface area (Å²) in [6.45, 7) is 5.32. The number of carbonyl (C=O) groups excluding carboxylic acids is 2. The molecule has 4 rings (SSSR count). The molecule has 2 N–H and O–H groups in total. The minimum atomic E-state index is -0.679. The van der Waals surface area contributed by atoms with Crippen molar-refractivity contribution in [1.29, 1.82) is 0 Å². The van der Waals surface area contributed by atoms with Gasteiger partial charge in [0, 0.05) is 23.1 Å². The number of nitrogens with zero attached hydrogens (tertiary/aromatic N) is 2. The number of amides is 1. The topological polar surface area (TPSA) is 87.3 Å². The van der Waals surface area contributed by atoms with E-state index in [2.05, 4.69) is 15.3 Å². The number of benzene rings is 1. The molecule has 31 heavy (non-hydrogen) atoms. The molecule has 1 aliphatic rings. The van der Waals surface area contributed by atoms with Gasteiger partial charge in [-0.1, -0.05) is 18.2 Å². The average Bonchev–Trinajstić information content (AvgIpc) is 3.06. The fraction of sp³-hybridized carbons (Fsp3) is 0.261. The van der Waals surface area contributed by atoms with Crippen molar-refractivity contribution in [2.45, 2.75) is 32.9 Å². The number of hydrogen-bond donors (Lipinski definition) is 2. The third-order valence-corrected chi connectivity index (χ3v) is 4.78. The van der Waals surface area contributed by atoms with Crippen LogP contribution in [-0.4, -0.2) is 38.9 Å². The Morgan fingerprint density at radius 2 is 1.94 bits per heavy atom. The van der Waals surface area contributed by atoms with Crippen LogP contribution in [-0.2, 0) is 11.3 Å². The number of fused-ring (bicyclic) bond motifs is 1. The Kier molecular flexibility index (Phi) is 5.22. The third-order valence-electron chi connectivity index (χ3n) is 4.78. The smallest absolute Gasteiger partial charge is 0.411 e. The molecule has 0 unspecified atom stereocenters. The van der Waals surface area contributed by atoms with Crippen LogP contribution in [0.25, 0.3) is 11.3 Å². The summed E-state index contributed by atoms with van der Waals surface area (Å²) in [6.07, 6.45) is 2.03. The minimum absolute atomic E-state index is 0.124. The Hall–Kier alpha value is -3.68. The molecule has 160 valence electrons. The number of pyridine rings is 1. The molecule has 0 saturated carbocycles. The number of ether oxygens (including phenoxy) is 1. The van der Waals surface area contributed by atoms with Crippen LogP contribution < -0.4 is 5.32 Å². The highest BCUT2D eigenvalue weighted by Gasteiger charge is 2.34. The summed E-state index contributed by atoms with van der Waals surface area (Å²) in [5.74, 6) is -0.781. The van der Waals surface area contributed by atoms with Crippen molar-refractivity contribution in [2.75, 3.05) is 11.9 Å². The van der Waals surface area contributed by atoms with Crippen LogP contribution in [0.5, 0.6) is 0 Å². The Balaban J connectivity index is 1.78. The predicted molar refractivity (Wildman–Crippen MR) is 115 cm³/mol. The molecular weight excluding hydrogens is 399 g/mol. The van der Waals surface area contributed by atoms with E-state index in [-0.39, 0.29) is 24.4 Å². The number of aromatic amines is 1. The summed E-state index contributed by atoms with van der Waals surface area (Å²) in [6, 6.07) is 10.9. The zero-order valence-corrected chi connectivity index (χ0v) is 17.5. The minimum Gasteiger partial charge on any atom is -0.444 e. The number of anilines is 2. The number of hydrogen-bond acceptors (Lipinski definition) is 5. The molecule has 0 bridgehead atoms. The Morgan fingerprint density at radius 3 is 2.61 bits per heavy atom. The average molecular weight is 422 g/mol. The molecule has 0 spiro atoms. The van der Waals surface area contributed by atoms with E-state index in [0.717, 1.165) is 11.9 Å². The van der Waals surface area contributed by atoms with Crippen molar-refractivity contribution in [2.24, 2.45) is 0 Å². The summed E-state index contributed by atoms with van der Waals surface area (Å²) in [4.78, 5) is 33.9. The lowest BCUT2D eigenvalue weighted by Gasteiger charge is -2.29.